The van der Waals surface area contributed by atoms with E-state index < -0.39 is 77.1 Å². The first-order valence-electron chi connectivity index (χ1n) is 15.0. The molecule has 5 rings (SSSR count). The van der Waals surface area contributed by atoms with Gasteiger partial charge in [0.2, 0.25) is 17.7 Å². The van der Waals surface area contributed by atoms with Gasteiger partial charge in [0.05, 0.1) is 18.6 Å². The molecule has 0 bridgehead atoms. The van der Waals surface area contributed by atoms with Crippen molar-refractivity contribution in [2.75, 3.05) is 27.4 Å². The van der Waals surface area contributed by atoms with Crippen molar-refractivity contribution in [3.05, 3.63) is 23.9 Å². The number of nitrogens with zero attached hydrogens (tertiary/aromatic N) is 4. The maximum Gasteiger partial charge on any atom is 0.509 e. The molecule has 17 heteroatoms. The van der Waals surface area contributed by atoms with Gasteiger partial charge in [-0.15, -0.1) is 0 Å². The number of likely N-dealkylation sites (N-methyl/N-ethyl adjacent to an activating group) is 1. The Morgan fingerprint density at radius 2 is 1.85 bits per heavy atom. The molecular weight excluding hydrogens is 637 g/mol. The van der Waals surface area contributed by atoms with Gasteiger partial charge in [0.1, 0.15) is 17.6 Å². The third-order valence-electron chi connectivity index (χ3n) is 10.2. The zero-order valence-corrected chi connectivity index (χ0v) is 25.9. The van der Waals surface area contributed by atoms with E-state index in [0.717, 1.165) is 24.9 Å². The van der Waals surface area contributed by atoms with Crippen LogP contribution in [0.2, 0.25) is 0 Å². The average Bonchev–Trinajstić information content (AvgIpc) is 3.95. The Morgan fingerprint density at radius 1 is 1.19 bits per heavy atom. The van der Waals surface area contributed by atoms with E-state index in [9.17, 15) is 51.2 Å². The molecule has 2 heterocycles. The third-order valence-corrected chi connectivity index (χ3v) is 10.2. The number of likely N-dealkylation sites (tertiary alicyclic amines) is 2. The standard InChI is InChI=1S/C30H34F5N5O7/c1-26-9-5-4-6-20(26)40(16-47-25(45)46-3)23(43)27(26)13-18(14-36)39(15-27)21(41)19(12-17-7-8-17)38(2)24(44)28(10-11-28)37-22(42)29(31,32)30(33,34)35/h4-6,17-19H,7-13,15-16H2,1-3H3,(H,37,42)/t18?,19-,26?,27+/m0/s1. The summed E-state index contributed by atoms with van der Waals surface area (Å²) < 4.78 is 75.5. The number of halogens is 5. The van der Waals surface area contributed by atoms with Crippen LogP contribution in [0.25, 0.3) is 0 Å². The summed E-state index contributed by atoms with van der Waals surface area (Å²) in [7, 11) is 2.31. The van der Waals surface area contributed by atoms with Crippen molar-refractivity contribution in [3.63, 3.8) is 0 Å². The quantitative estimate of drug-likeness (QED) is 0.291. The van der Waals surface area contributed by atoms with Crippen LogP contribution in [0.1, 0.15) is 51.9 Å². The molecule has 2 saturated carbocycles. The smallest absolute Gasteiger partial charge is 0.438 e. The molecule has 0 aromatic heterocycles. The van der Waals surface area contributed by atoms with Crippen molar-refractivity contribution >= 4 is 29.8 Å². The molecule has 4 fully saturated rings. The molecule has 2 aliphatic heterocycles. The number of fused-ring (bicyclic) bond motifs is 2. The number of amides is 4. The Morgan fingerprint density at radius 3 is 2.40 bits per heavy atom. The number of carbonyl (C=O) groups is 5. The van der Waals surface area contributed by atoms with Crippen LogP contribution in [0, 0.1) is 28.1 Å². The first-order valence-corrected chi connectivity index (χ1v) is 15.0. The number of nitriles is 1. The molecule has 4 amide bonds. The van der Waals surface area contributed by atoms with Gasteiger partial charge in [-0.05, 0) is 44.1 Å². The van der Waals surface area contributed by atoms with Gasteiger partial charge < -0.3 is 24.6 Å². The van der Waals surface area contributed by atoms with Gasteiger partial charge in [-0.2, -0.15) is 27.2 Å². The van der Waals surface area contributed by atoms with Crippen LogP contribution in [0.15, 0.2) is 23.9 Å². The number of nitrogens with one attached hydrogen (secondary N) is 1. The van der Waals surface area contributed by atoms with Crippen LogP contribution in [0.4, 0.5) is 26.7 Å². The van der Waals surface area contributed by atoms with Crippen LogP contribution in [-0.2, 0) is 28.7 Å². The third kappa shape index (κ3) is 5.48. The van der Waals surface area contributed by atoms with Gasteiger partial charge in [-0.25, -0.2) is 4.79 Å². The topological polar surface area (TPSA) is 149 Å². The summed E-state index contributed by atoms with van der Waals surface area (Å²) in [6.45, 7) is 1.10. The molecule has 1 N–H and O–H groups in total. The van der Waals surface area contributed by atoms with E-state index in [1.165, 1.54) is 16.8 Å². The average molecular weight is 672 g/mol. The fraction of sp³-hybridized carbons (Fsp3) is 0.667. The Kier molecular flexibility index (Phi) is 8.33. The van der Waals surface area contributed by atoms with Crippen LogP contribution >= 0.6 is 0 Å². The number of hydrogen-bond acceptors (Lipinski definition) is 8. The fourth-order valence-electron chi connectivity index (χ4n) is 7.00. The van der Waals surface area contributed by atoms with Crippen molar-refractivity contribution in [1.82, 2.24) is 20.0 Å². The predicted molar refractivity (Wildman–Crippen MR) is 148 cm³/mol. The Balaban J connectivity index is 1.41. The molecule has 0 aromatic carbocycles. The summed E-state index contributed by atoms with van der Waals surface area (Å²) in [5.41, 5.74) is -3.79. The van der Waals surface area contributed by atoms with E-state index in [-0.39, 0.29) is 38.1 Å². The van der Waals surface area contributed by atoms with Crippen LogP contribution in [0.3, 0.4) is 0 Å². The molecule has 12 nitrogen and oxygen atoms in total. The Labute approximate surface area is 266 Å². The molecule has 0 aromatic rings. The van der Waals surface area contributed by atoms with E-state index >= 15 is 0 Å². The van der Waals surface area contributed by atoms with E-state index in [1.807, 2.05) is 13.0 Å². The first kappa shape index (κ1) is 34.1. The zero-order chi connectivity index (χ0) is 34.7. The molecule has 4 atom stereocenters. The molecule has 0 radical (unpaired) electrons. The van der Waals surface area contributed by atoms with Gasteiger partial charge in [-0.1, -0.05) is 31.9 Å². The highest BCUT2D eigenvalue weighted by Crippen LogP contribution is 2.62. The van der Waals surface area contributed by atoms with Crippen LogP contribution in [0.5, 0.6) is 0 Å². The highest BCUT2D eigenvalue weighted by Gasteiger charge is 2.69. The summed E-state index contributed by atoms with van der Waals surface area (Å²) >= 11 is 0. The molecule has 2 saturated heterocycles. The minimum absolute atomic E-state index is 0.00483. The van der Waals surface area contributed by atoms with Crippen molar-refractivity contribution in [2.45, 2.75) is 81.6 Å². The number of allylic oxidation sites excluding steroid dienone is 4. The SMILES string of the molecule is COC(=O)OCN1C(=O)[C@]2(CC(C#N)N(C(=O)[C@H](CC3CC3)N(C)C(=O)C3(NC(=O)C(F)(F)C(F)(F)F)CC3)C2)C2(C)CC=CC=C12. The second-order valence-electron chi connectivity index (χ2n) is 13.1. The molecule has 5 aliphatic rings. The normalized spacial score (nSPS) is 28.3. The monoisotopic (exact) mass is 671 g/mol. The molecule has 2 unspecified atom stereocenters. The largest absolute Gasteiger partial charge is 0.509 e. The van der Waals surface area contributed by atoms with Gasteiger partial charge in [0.15, 0.2) is 6.73 Å². The maximum atomic E-state index is 14.3. The zero-order valence-electron chi connectivity index (χ0n) is 25.9. The van der Waals surface area contributed by atoms with Crippen molar-refractivity contribution in [1.29, 1.82) is 5.26 Å². The van der Waals surface area contributed by atoms with E-state index in [1.54, 1.807) is 17.5 Å². The maximum absolute atomic E-state index is 14.3. The summed E-state index contributed by atoms with van der Waals surface area (Å²) in [4.78, 5) is 69.2. The highest BCUT2D eigenvalue weighted by atomic mass is 19.4. The molecule has 47 heavy (non-hydrogen) atoms. The van der Waals surface area contributed by atoms with Crippen molar-refractivity contribution in [3.8, 4) is 6.07 Å². The van der Waals surface area contributed by atoms with E-state index in [0.29, 0.717) is 12.1 Å². The van der Waals surface area contributed by atoms with Gasteiger partial charge in [0.25, 0.3) is 0 Å². The summed E-state index contributed by atoms with van der Waals surface area (Å²) in [5, 5.41) is 11.8. The second kappa shape index (κ2) is 11.5. The van der Waals surface area contributed by atoms with Gasteiger partial charge in [-0.3, -0.25) is 24.1 Å². The number of alkyl halides is 5. The highest BCUT2D eigenvalue weighted by molar-refractivity contribution is 5.99. The minimum Gasteiger partial charge on any atom is -0.438 e. The van der Waals surface area contributed by atoms with Crippen molar-refractivity contribution < 1.29 is 55.4 Å². The first-order chi connectivity index (χ1) is 21.9. The summed E-state index contributed by atoms with van der Waals surface area (Å²) in [6.07, 6.45) is -0.525. The number of carbonyl (C=O) groups excluding carboxylic acids is 5. The lowest BCUT2D eigenvalue weighted by Crippen LogP contribution is -2.60. The number of ether oxygens (including phenoxy) is 2. The van der Waals surface area contributed by atoms with Crippen LogP contribution in [-0.4, -0.2) is 102 Å². The predicted octanol–water partition coefficient (Wildman–Crippen LogP) is 3.00. The molecule has 3 aliphatic carbocycles. The van der Waals surface area contributed by atoms with E-state index in [4.69, 9.17) is 4.74 Å². The molecule has 1 spiro atoms. The number of rotatable bonds is 9. The number of hydrogen-bond donors (Lipinski definition) is 1. The van der Waals surface area contributed by atoms with Crippen LogP contribution < -0.4 is 5.32 Å². The Bertz CT molecular complexity index is 1480. The Hall–Kier alpha value is -4.23. The lowest BCUT2D eigenvalue weighted by Gasteiger charge is -2.39. The van der Waals surface area contributed by atoms with E-state index in [2.05, 4.69) is 10.8 Å². The summed E-state index contributed by atoms with van der Waals surface area (Å²) in [6, 6.07) is -0.298. The van der Waals surface area contributed by atoms with Gasteiger partial charge in [0, 0.05) is 24.7 Å². The van der Waals surface area contributed by atoms with Gasteiger partial charge >= 0.3 is 24.2 Å². The summed E-state index contributed by atoms with van der Waals surface area (Å²) in [5.74, 6) is -10.6. The van der Waals surface area contributed by atoms with Crippen molar-refractivity contribution in [2.24, 2.45) is 16.7 Å². The second-order valence-corrected chi connectivity index (χ2v) is 13.1. The lowest BCUT2D eigenvalue weighted by atomic mass is 9.61. The fourth-order valence-corrected chi connectivity index (χ4v) is 7.00. The molecular formula is C30H34F5N5O7. The minimum atomic E-state index is -6.18. The number of methoxy groups -OCH3 is 1. The molecule has 256 valence electrons. The lowest BCUT2D eigenvalue weighted by molar-refractivity contribution is -0.270.